The summed E-state index contributed by atoms with van der Waals surface area (Å²) in [5.41, 5.74) is 0. The molecule has 0 aromatic carbocycles. The second-order valence-electron chi connectivity index (χ2n) is 3.01. The molecule has 11 heavy (non-hydrogen) atoms. The van der Waals surface area contributed by atoms with E-state index in [9.17, 15) is 4.79 Å². The molecule has 1 aliphatic rings. The van der Waals surface area contributed by atoms with Crippen molar-refractivity contribution in [1.82, 2.24) is 4.90 Å². The topological polar surface area (TPSA) is 20.3 Å². The van der Waals surface area contributed by atoms with Gasteiger partial charge in [0.1, 0.15) is 0 Å². The number of nitrogens with zero attached hydrogens (tertiary/aromatic N) is 1. The Hall–Kier alpha value is -0.240. The van der Waals surface area contributed by atoms with Crippen LogP contribution in [0.3, 0.4) is 0 Å². The molecule has 1 amide bonds. The standard InChI is InChI=1S/C8H14ClNO/c9-8(11)10-6-4-2-1-3-5-7-10/h1-7H2. The first-order valence-corrected chi connectivity index (χ1v) is 4.63. The molecule has 3 heteroatoms. The van der Waals surface area contributed by atoms with E-state index in [1.165, 1.54) is 19.3 Å². The number of likely N-dealkylation sites (tertiary alicyclic amines) is 1. The second-order valence-corrected chi connectivity index (χ2v) is 3.33. The fourth-order valence-electron chi connectivity index (χ4n) is 1.42. The van der Waals surface area contributed by atoms with Gasteiger partial charge in [0.2, 0.25) is 0 Å². The fraction of sp³-hybridized carbons (Fsp3) is 0.875. The maximum Gasteiger partial charge on any atom is 0.316 e. The summed E-state index contributed by atoms with van der Waals surface area (Å²) in [4.78, 5) is 12.5. The second kappa shape index (κ2) is 4.60. The van der Waals surface area contributed by atoms with Crippen molar-refractivity contribution in [3.8, 4) is 0 Å². The van der Waals surface area contributed by atoms with E-state index in [4.69, 9.17) is 11.6 Å². The molecule has 0 aromatic rings. The number of hydrogen-bond acceptors (Lipinski definition) is 1. The van der Waals surface area contributed by atoms with Gasteiger partial charge in [0.25, 0.3) is 0 Å². The monoisotopic (exact) mass is 175 g/mol. The van der Waals surface area contributed by atoms with Crippen molar-refractivity contribution in [3.05, 3.63) is 0 Å². The fourth-order valence-corrected chi connectivity index (χ4v) is 1.59. The van der Waals surface area contributed by atoms with Crippen LogP contribution in [-0.2, 0) is 0 Å². The van der Waals surface area contributed by atoms with E-state index < -0.39 is 0 Å². The van der Waals surface area contributed by atoms with Crippen LogP contribution in [0.1, 0.15) is 32.1 Å². The molecule has 0 unspecified atom stereocenters. The van der Waals surface area contributed by atoms with Crippen molar-refractivity contribution in [2.24, 2.45) is 0 Å². The van der Waals surface area contributed by atoms with Crippen molar-refractivity contribution in [2.45, 2.75) is 32.1 Å². The number of carbonyl (C=O) groups excluding carboxylic acids is 1. The molecule has 1 fully saturated rings. The van der Waals surface area contributed by atoms with Gasteiger partial charge in [-0.2, -0.15) is 0 Å². The summed E-state index contributed by atoms with van der Waals surface area (Å²) >= 11 is 5.37. The van der Waals surface area contributed by atoms with Gasteiger partial charge in [-0.15, -0.1) is 0 Å². The summed E-state index contributed by atoms with van der Waals surface area (Å²) in [7, 11) is 0. The lowest BCUT2D eigenvalue weighted by Gasteiger charge is -2.21. The normalized spacial score (nSPS) is 20.6. The number of rotatable bonds is 0. The highest BCUT2D eigenvalue weighted by atomic mass is 35.5. The molecular formula is C8H14ClNO. The Kier molecular flexibility index (Phi) is 3.70. The van der Waals surface area contributed by atoms with Crippen LogP contribution in [0, 0.1) is 0 Å². The van der Waals surface area contributed by atoms with Gasteiger partial charge in [-0.1, -0.05) is 19.3 Å². The lowest BCUT2D eigenvalue weighted by Crippen LogP contribution is -2.29. The van der Waals surface area contributed by atoms with Gasteiger partial charge in [0.15, 0.2) is 0 Å². The average molecular weight is 176 g/mol. The number of halogens is 1. The molecule has 0 aromatic heterocycles. The van der Waals surface area contributed by atoms with E-state index in [0.29, 0.717) is 0 Å². The first-order chi connectivity index (χ1) is 5.30. The largest absolute Gasteiger partial charge is 0.329 e. The van der Waals surface area contributed by atoms with Crippen LogP contribution in [0.2, 0.25) is 0 Å². The van der Waals surface area contributed by atoms with Crippen molar-refractivity contribution < 1.29 is 4.79 Å². The van der Waals surface area contributed by atoms with E-state index >= 15 is 0 Å². The minimum absolute atomic E-state index is 0.285. The predicted octanol–water partition coefficient (Wildman–Crippen LogP) is 2.61. The molecule has 1 aliphatic heterocycles. The molecular weight excluding hydrogens is 162 g/mol. The van der Waals surface area contributed by atoms with Gasteiger partial charge in [-0.25, -0.2) is 0 Å². The Morgan fingerprint density at radius 1 is 1.00 bits per heavy atom. The number of hydrogen-bond donors (Lipinski definition) is 0. The smallest absolute Gasteiger partial charge is 0.316 e. The van der Waals surface area contributed by atoms with E-state index in [-0.39, 0.29) is 5.37 Å². The van der Waals surface area contributed by atoms with Gasteiger partial charge in [0, 0.05) is 13.1 Å². The molecule has 1 saturated heterocycles. The van der Waals surface area contributed by atoms with Crippen molar-refractivity contribution in [1.29, 1.82) is 0 Å². The highest BCUT2D eigenvalue weighted by molar-refractivity contribution is 6.62. The van der Waals surface area contributed by atoms with Crippen LogP contribution in [0.5, 0.6) is 0 Å². The molecule has 0 aliphatic carbocycles. The van der Waals surface area contributed by atoms with Crippen molar-refractivity contribution >= 4 is 17.0 Å². The highest BCUT2D eigenvalue weighted by Crippen LogP contribution is 2.11. The van der Waals surface area contributed by atoms with Gasteiger partial charge >= 0.3 is 5.37 Å². The zero-order chi connectivity index (χ0) is 8.10. The summed E-state index contributed by atoms with van der Waals surface area (Å²) in [6, 6.07) is 0. The lowest BCUT2D eigenvalue weighted by atomic mass is 10.1. The molecule has 64 valence electrons. The third-order valence-electron chi connectivity index (χ3n) is 2.10. The average Bonchev–Trinajstić information content (AvgIpc) is 1.84. The molecule has 1 heterocycles. The van der Waals surface area contributed by atoms with Crippen LogP contribution in [-0.4, -0.2) is 23.4 Å². The molecule has 0 spiro atoms. The SMILES string of the molecule is O=C(Cl)N1CCCCCCC1. The van der Waals surface area contributed by atoms with Crippen LogP contribution < -0.4 is 0 Å². The summed E-state index contributed by atoms with van der Waals surface area (Å²) in [6.45, 7) is 1.70. The van der Waals surface area contributed by atoms with Crippen molar-refractivity contribution in [3.63, 3.8) is 0 Å². The predicted molar refractivity (Wildman–Crippen MR) is 45.9 cm³/mol. The Morgan fingerprint density at radius 3 is 1.91 bits per heavy atom. The summed E-state index contributed by atoms with van der Waals surface area (Å²) in [5.74, 6) is 0. The van der Waals surface area contributed by atoms with Crippen LogP contribution in [0.15, 0.2) is 0 Å². The first-order valence-electron chi connectivity index (χ1n) is 4.25. The zero-order valence-corrected chi connectivity index (χ0v) is 7.44. The molecule has 0 radical (unpaired) electrons. The van der Waals surface area contributed by atoms with E-state index in [1.807, 2.05) is 0 Å². The van der Waals surface area contributed by atoms with Gasteiger partial charge in [-0.05, 0) is 24.4 Å². The third-order valence-corrected chi connectivity index (χ3v) is 2.34. The van der Waals surface area contributed by atoms with Gasteiger partial charge in [-0.3, -0.25) is 4.79 Å². The minimum Gasteiger partial charge on any atom is -0.329 e. The van der Waals surface area contributed by atoms with E-state index in [2.05, 4.69) is 0 Å². The minimum atomic E-state index is -0.285. The Bertz CT molecular complexity index is 130. The maximum absolute atomic E-state index is 10.8. The third kappa shape index (κ3) is 3.10. The Morgan fingerprint density at radius 2 is 1.45 bits per heavy atom. The molecule has 2 nitrogen and oxygen atoms in total. The van der Waals surface area contributed by atoms with Crippen LogP contribution >= 0.6 is 11.6 Å². The maximum atomic E-state index is 10.8. The summed E-state index contributed by atoms with van der Waals surface area (Å²) in [5, 5.41) is -0.285. The lowest BCUT2D eigenvalue weighted by molar-refractivity contribution is 0.216. The zero-order valence-electron chi connectivity index (χ0n) is 6.68. The van der Waals surface area contributed by atoms with Crippen molar-refractivity contribution in [2.75, 3.05) is 13.1 Å². The number of amides is 1. The van der Waals surface area contributed by atoms with Gasteiger partial charge < -0.3 is 4.90 Å². The first kappa shape index (κ1) is 8.85. The Balaban J connectivity index is 2.32. The van der Waals surface area contributed by atoms with E-state index in [1.54, 1.807) is 4.90 Å². The Labute approximate surface area is 72.5 Å². The van der Waals surface area contributed by atoms with E-state index in [0.717, 1.165) is 25.9 Å². The molecule has 1 rings (SSSR count). The highest BCUT2D eigenvalue weighted by Gasteiger charge is 2.11. The summed E-state index contributed by atoms with van der Waals surface area (Å²) in [6.07, 6.45) is 6.00. The van der Waals surface area contributed by atoms with Crippen LogP contribution in [0.4, 0.5) is 4.79 Å². The molecule has 0 saturated carbocycles. The van der Waals surface area contributed by atoms with Gasteiger partial charge in [0.05, 0.1) is 0 Å². The summed E-state index contributed by atoms with van der Waals surface area (Å²) < 4.78 is 0. The quantitative estimate of drug-likeness (QED) is 0.410. The van der Waals surface area contributed by atoms with Crippen LogP contribution in [0.25, 0.3) is 0 Å². The molecule has 0 atom stereocenters. The molecule has 0 N–H and O–H groups in total. The number of carbonyl (C=O) groups is 1. The molecule has 0 bridgehead atoms.